The zero-order valence-electron chi connectivity index (χ0n) is 35.0. The third kappa shape index (κ3) is 5.74. The number of aryl methyl sites for hydroxylation is 1. The number of furan rings is 2. The number of benzene rings is 10. The number of rotatable bonds is 9. The number of para-hydroxylation sites is 4. The Balaban J connectivity index is 1.04. The molecular formula is C58H44N2O2. The van der Waals surface area contributed by atoms with Crippen molar-refractivity contribution < 1.29 is 8.83 Å². The standard InChI is InChI=1S/C58H44N2O2/c1-4-11-37-20-28-43(29-21-37)59(51-16-9-14-49-47-12-5-7-18-53(47)61-57(49)51)45-32-39-22-24-41-34-46(35-42-25-23-40(33-45)55(39)56(41)42)60(44-30-26-38(27-31-44)36(2)3)52-17-10-15-50-48-13-6-8-19-54(48)62-58(50)52/h5-10,12-36H,4,11H2,1-3H3. The lowest BCUT2D eigenvalue weighted by molar-refractivity contribution is 0.668. The first-order chi connectivity index (χ1) is 30.5. The molecule has 0 aliphatic carbocycles. The molecule has 4 nitrogen and oxygen atoms in total. The molecule has 62 heavy (non-hydrogen) atoms. The number of anilines is 6. The van der Waals surface area contributed by atoms with Crippen LogP contribution in [0, 0.1) is 0 Å². The average Bonchev–Trinajstić information content (AvgIpc) is 3.89. The van der Waals surface area contributed by atoms with E-state index in [1.54, 1.807) is 0 Å². The Kier molecular flexibility index (Phi) is 8.36. The van der Waals surface area contributed by atoms with Gasteiger partial charge in [0, 0.05) is 44.3 Å². The van der Waals surface area contributed by atoms with Crippen molar-refractivity contribution in [2.45, 2.75) is 39.5 Å². The fourth-order valence-corrected chi connectivity index (χ4v) is 9.84. The maximum Gasteiger partial charge on any atom is 0.159 e. The molecule has 10 aromatic carbocycles. The highest BCUT2D eigenvalue weighted by Crippen LogP contribution is 2.48. The summed E-state index contributed by atoms with van der Waals surface area (Å²) < 4.78 is 13.3. The summed E-state index contributed by atoms with van der Waals surface area (Å²) in [6.45, 7) is 6.72. The van der Waals surface area contributed by atoms with Gasteiger partial charge in [0.2, 0.25) is 0 Å². The van der Waals surface area contributed by atoms with Crippen molar-refractivity contribution in [3.63, 3.8) is 0 Å². The van der Waals surface area contributed by atoms with E-state index < -0.39 is 0 Å². The molecule has 2 aromatic heterocycles. The minimum atomic E-state index is 0.437. The van der Waals surface area contributed by atoms with Crippen LogP contribution in [0.25, 0.3) is 76.2 Å². The minimum Gasteiger partial charge on any atom is -0.454 e. The van der Waals surface area contributed by atoms with Crippen LogP contribution in [0.1, 0.15) is 44.2 Å². The molecule has 0 atom stereocenters. The summed E-state index contributed by atoms with van der Waals surface area (Å²) in [5.74, 6) is 0.437. The second-order valence-electron chi connectivity index (χ2n) is 17.0. The molecule has 0 aliphatic heterocycles. The number of fused-ring (bicyclic) bond motifs is 6. The Hall–Kier alpha value is -7.56. The molecule has 298 valence electrons. The molecule has 0 bridgehead atoms. The summed E-state index contributed by atoms with van der Waals surface area (Å²) in [6, 6.07) is 66.3. The summed E-state index contributed by atoms with van der Waals surface area (Å²) >= 11 is 0. The van der Waals surface area contributed by atoms with Gasteiger partial charge in [-0.25, -0.2) is 0 Å². The van der Waals surface area contributed by atoms with Crippen LogP contribution >= 0.6 is 0 Å². The van der Waals surface area contributed by atoms with Gasteiger partial charge in [0.25, 0.3) is 0 Å². The molecule has 0 radical (unpaired) electrons. The fourth-order valence-electron chi connectivity index (χ4n) is 9.84. The molecule has 0 aliphatic rings. The molecule has 0 saturated heterocycles. The van der Waals surface area contributed by atoms with Gasteiger partial charge in [-0.2, -0.15) is 0 Å². The van der Waals surface area contributed by atoms with Gasteiger partial charge in [-0.05, 0) is 129 Å². The van der Waals surface area contributed by atoms with Crippen LogP contribution in [0.5, 0.6) is 0 Å². The molecule has 12 aromatic rings. The Labute approximate surface area is 360 Å². The molecular weight excluding hydrogens is 757 g/mol. The Morgan fingerprint density at radius 3 is 1.27 bits per heavy atom. The monoisotopic (exact) mass is 800 g/mol. The quantitative estimate of drug-likeness (QED) is 0.136. The van der Waals surface area contributed by atoms with Crippen LogP contribution in [-0.2, 0) is 6.42 Å². The van der Waals surface area contributed by atoms with Crippen molar-refractivity contribution in [1.29, 1.82) is 0 Å². The molecule has 0 spiro atoms. The third-order valence-electron chi connectivity index (χ3n) is 12.8. The topological polar surface area (TPSA) is 32.8 Å². The van der Waals surface area contributed by atoms with E-state index in [1.807, 2.05) is 12.1 Å². The van der Waals surface area contributed by atoms with Crippen LogP contribution in [0.4, 0.5) is 34.1 Å². The third-order valence-corrected chi connectivity index (χ3v) is 12.8. The average molecular weight is 801 g/mol. The molecule has 4 heteroatoms. The Morgan fingerprint density at radius 1 is 0.419 bits per heavy atom. The smallest absolute Gasteiger partial charge is 0.159 e. The highest BCUT2D eigenvalue weighted by atomic mass is 16.3. The highest BCUT2D eigenvalue weighted by molar-refractivity contribution is 6.25. The second kappa shape index (κ2) is 14.3. The molecule has 2 heterocycles. The van der Waals surface area contributed by atoms with E-state index in [1.165, 1.54) is 43.4 Å². The van der Waals surface area contributed by atoms with Crippen LogP contribution in [0.2, 0.25) is 0 Å². The molecule has 0 saturated carbocycles. The molecule has 0 amide bonds. The van der Waals surface area contributed by atoms with Gasteiger partial charge in [0.05, 0.1) is 11.4 Å². The van der Waals surface area contributed by atoms with E-state index in [2.05, 4.69) is 200 Å². The number of nitrogens with zero attached hydrogens (tertiary/aromatic N) is 2. The lowest BCUT2D eigenvalue weighted by Gasteiger charge is -2.28. The van der Waals surface area contributed by atoms with Gasteiger partial charge in [0.15, 0.2) is 11.2 Å². The van der Waals surface area contributed by atoms with Gasteiger partial charge in [-0.1, -0.05) is 136 Å². The van der Waals surface area contributed by atoms with E-state index in [-0.39, 0.29) is 0 Å². The van der Waals surface area contributed by atoms with E-state index in [0.717, 1.165) is 90.8 Å². The fraction of sp³-hybridized carbons (Fsp3) is 0.103. The lowest BCUT2D eigenvalue weighted by atomic mass is 9.92. The van der Waals surface area contributed by atoms with Crippen molar-refractivity contribution in [2.75, 3.05) is 9.80 Å². The van der Waals surface area contributed by atoms with Crippen molar-refractivity contribution in [3.8, 4) is 0 Å². The summed E-state index contributed by atoms with van der Waals surface area (Å²) in [6.07, 6.45) is 2.17. The molecule has 0 fully saturated rings. The maximum atomic E-state index is 6.67. The highest BCUT2D eigenvalue weighted by Gasteiger charge is 2.24. The van der Waals surface area contributed by atoms with E-state index in [9.17, 15) is 0 Å². The van der Waals surface area contributed by atoms with Gasteiger partial charge < -0.3 is 18.6 Å². The first-order valence-electron chi connectivity index (χ1n) is 21.8. The minimum absolute atomic E-state index is 0.437. The Morgan fingerprint density at radius 2 is 0.839 bits per heavy atom. The zero-order valence-corrected chi connectivity index (χ0v) is 35.0. The van der Waals surface area contributed by atoms with Crippen molar-refractivity contribution in [3.05, 3.63) is 193 Å². The van der Waals surface area contributed by atoms with E-state index in [0.29, 0.717) is 5.92 Å². The normalized spacial score (nSPS) is 12.1. The van der Waals surface area contributed by atoms with Crippen molar-refractivity contribution in [1.82, 2.24) is 0 Å². The molecule has 12 rings (SSSR count). The molecule has 0 N–H and O–H groups in total. The number of hydrogen-bond acceptors (Lipinski definition) is 4. The molecule has 0 unspecified atom stereocenters. The van der Waals surface area contributed by atoms with Gasteiger partial charge >= 0.3 is 0 Å². The van der Waals surface area contributed by atoms with Crippen LogP contribution in [0.15, 0.2) is 191 Å². The summed E-state index contributed by atoms with van der Waals surface area (Å²) in [5, 5.41) is 11.8. The van der Waals surface area contributed by atoms with Gasteiger partial charge in [0.1, 0.15) is 11.2 Å². The summed E-state index contributed by atoms with van der Waals surface area (Å²) in [4.78, 5) is 4.73. The SMILES string of the molecule is CCCc1ccc(N(c2cc3ccc4cc(N(c5ccc(C(C)C)cc5)c5cccc6c5oc5ccccc56)cc5ccc(c2)c3c45)c2cccc3c2oc2ccccc23)cc1. The first kappa shape index (κ1) is 36.3. The van der Waals surface area contributed by atoms with Crippen molar-refractivity contribution >= 4 is 110 Å². The van der Waals surface area contributed by atoms with Crippen molar-refractivity contribution in [2.24, 2.45) is 0 Å². The van der Waals surface area contributed by atoms with Crippen LogP contribution < -0.4 is 9.80 Å². The van der Waals surface area contributed by atoms with Crippen LogP contribution in [0.3, 0.4) is 0 Å². The maximum absolute atomic E-state index is 6.67. The predicted octanol–water partition coefficient (Wildman–Crippen LogP) is 17.4. The van der Waals surface area contributed by atoms with Gasteiger partial charge in [-0.3, -0.25) is 0 Å². The summed E-state index contributed by atoms with van der Waals surface area (Å²) in [7, 11) is 0. The zero-order chi connectivity index (χ0) is 41.5. The summed E-state index contributed by atoms with van der Waals surface area (Å²) in [5.41, 5.74) is 12.6. The Bertz CT molecular complexity index is 3560. The van der Waals surface area contributed by atoms with E-state index >= 15 is 0 Å². The van der Waals surface area contributed by atoms with E-state index in [4.69, 9.17) is 8.83 Å². The first-order valence-corrected chi connectivity index (χ1v) is 21.8. The van der Waals surface area contributed by atoms with Gasteiger partial charge in [-0.15, -0.1) is 0 Å². The largest absolute Gasteiger partial charge is 0.454 e. The predicted molar refractivity (Wildman–Crippen MR) is 262 cm³/mol. The van der Waals surface area contributed by atoms with Crippen LogP contribution in [-0.4, -0.2) is 0 Å². The number of hydrogen-bond donors (Lipinski definition) is 0. The second-order valence-corrected chi connectivity index (χ2v) is 17.0. The lowest BCUT2D eigenvalue weighted by Crippen LogP contribution is -2.11.